The molecule has 3 rings (SSSR count). The summed E-state index contributed by atoms with van der Waals surface area (Å²) in [5.74, 6) is 0.154. The predicted octanol–water partition coefficient (Wildman–Crippen LogP) is 4.51. The van der Waals surface area contributed by atoms with Crippen molar-refractivity contribution >= 4 is 6.09 Å². The molecule has 1 aliphatic rings. The summed E-state index contributed by atoms with van der Waals surface area (Å²) in [6.45, 7) is 7.80. The van der Waals surface area contributed by atoms with Gasteiger partial charge in [0.05, 0.1) is 12.1 Å². The lowest BCUT2D eigenvalue weighted by Gasteiger charge is -2.43. The maximum atomic E-state index is 12.4. The molecule has 0 saturated carbocycles. The third-order valence-electron chi connectivity index (χ3n) is 5.20. The van der Waals surface area contributed by atoms with Crippen molar-refractivity contribution in [2.24, 2.45) is 5.41 Å². The van der Waals surface area contributed by atoms with Crippen LogP contribution in [-0.4, -0.2) is 35.2 Å². The highest BCUT2D eigenvalue weighted by molar-refractivity contribution is 5.67. The van der Waals surface area contributed by atoms with Gasteiger partial charge < -0.3 is 10.4 Å². The summed E-state index contributed by atoms with van der Waals surface area (Å²) in [5, 5.41) is 13.6. The minimum Gasteiger partial charge on any atom is -0.465 e. The molecule has 0 aromatic heterocycles. The molecule has 1 heterocycles. The van der Waals surface area contributed by atoms with Crippen LogP contribution in [0, 0.1) is 5.41 Å². The van der Waals surface area contributed by atoms with Crippen LogP contribution in [0.3, 0.4) is 0 Å². The zero-order chi connectivity index (χ0) is 18.7. The Balaban J connectivity index is 2.03. The number of nitrogens with zero attached hydrogens (tertiary/aromatic N) is 1. The number of benzene rings is 2. The zero-order valence-corrected chi connectivity index (χ0v) is 15.7. The van der Waals surface area contributed by atoms with Gasteiger partial charge in [0.15, 0.2) is 0 Å². The van der Waals surface area contributed by atoms with E-state index >= 15 is 0 Å². The Morgan fingerprint density at radius 3 is 2.15 bits per heavy atom. The minimum atomic E-state index is -0.858. The van der Waals surface area contributed by atoms with E-state index < -0.39 is 6.09 Å². The molecule has 4 nitrogen and oxygen atoms in total. The first-order valence-electron chi connectivity index (χ1n) is 9.21. The van der Waals surface area contributed by atoms with Crippen LogP contribution in [-0.2, 0) is 0 Å². The van der Waals surface area contributed by atoms with Crippen molar-refractivity contribution in [3.63, 3.8) is 0 Å². The molecule has 3 atom stereocenters. The Morgan fingerprint density at radius 2 is 1.62 bits per heavy atom. The number of rotatable bonds is 4. The third kappa shape index (κ3) is 3.75. The SMILES string of the molecule is CC(C)(C)C(c1ccccc1)N(C(=O)O)C1CNCC1c1ccccc1. The molecule has 3 unspecified atom stereocenters. The largest absolute Gasteiger partial charge is 0.465 e. The van der Waals surface area contributed by atoms with Crippen molar-refractivity contribution < 1.29 is 9.90 Å². The summed E-state index contributed by atoms with van der Waals surface area (Å²) in [6.07, 6.45) is -0.858. The standard InChI is InChI=1S/C22H28N2O2/c1-22(2,3)20(17-12-8-5-9-13-17)24(21(25)26)19-15-23-14-18(19)16-10-6-4-7-11-16/h4-13,18-20,23H,14-15H2,1-3H3,(H,25,26). The van der Waals surface area contributed by atoms with E-state index in [9.17, 15) is 9.90 Å². The zero-order valence-electron chi connectivity index (χ0n) is 15.7. The molecular formula is C22H28N2O2. The van der Waals surface area contributed by atoms with Gasteiger partial charge in [0.2, 0.25) is 0 Å². The molecule has 1 fully saturated rings. The van der Waals surface area contributed by atoms with Crippen LogP contribution in [0.1, 0.15) is 43.9 Å². The molecule has 26 heavy (non-hydrogen) atoms. The second-order valence-electron chi connectivity index (χ2n) is 8.11. The first kappa shape index (κ1) is 18.5. The van der Waals surface area contributed by atoms with E-state index in [0.717, 1.165) is 12.1 Å². The van der Waals surface area contributed by atoms with Crippen LogP contribution in [0.25, 0.3) is 0 Å². The molecule has 4 heteroatoms. The van der Waals surface area contributed by atoms with Crippen LogP contribution >= 0.6 is 0 Å². The van der Waals surface area contributed by atoms with Gasteiger partial charge in [-0.1, -0.05) is 81.4 Å². The number of hydrogen-bond donors (Lipinski definition) is 2. The quantitative estimate of drug-likeness (QED) is 0.851. The average Bonchev–Trinajstić information content (AvgIpc) is 3.08. The second-order valence-corrected chi connectivity index (χ2v) is 8.11. The fourth-order valence-corrected chi connectivity index (χ4v) is 4.15. The molecule has 0 aliphatic carbocycles. The monoisotopic (exact) mass is 352 g/mol. The lowest BCUT2D eigenvalue weighted by Crippen LogP contribution is -2.49. The molecule has 1 amide bonds. The van der Waals surface area contributed by atoms with Crippen molar-refractivity contribution in [1.29, 1.82) is 0 Å². The van der Waals surface area contributed by atoms with E-state index in [-0.39, 0.29) is 23.4 Å². The highest BCUT2D eigenvalue weighted by Crippen LogP contribution is 2.42. The van der Waals surface area contributed by atoms with Crippen LogP contribution in [0.4, 0.5) is 4.79 Å². The van der Waals surface area contributed by atoms with Gasteiger partial charge in [0.1, 0.15) is 0 Å². The highest BCUT2D eigenvalue weighted by atomic mass is 16.4. The Hall–Kier alpha value is -2.33. The number of amides is 1. The lowest BCUT2D eigenvalue weighted by molar-refractivity contribution is 0.0541. The summed E-state index contributed by atoms with van der Waals surface area (Å²) in [4.78, 5) is 14.1. The van der Waals surface area contributed by atoms with Gasteiger partial charge in [-0.3, -0.25) is 4.90 Å². The van der Waals surface area contributed by atoms with Gasteiger partial charge in [0.25, 0.3) is 0 Å². The van der Waals surface area contributed by atoms with E-state index in [0.29, 0.717) is 6.54 Å². The Bertz CT molecular complexity index is 725. The summed E-state index contributed by atoms with van der Waals surface area (Å²) < 4.78 is 0. The first-order chi connectivity index (χ1) is 12.4. The molecule has 1 saturated heterocycles. The number of carbonyl (C=O) groups is 1. The predicted molar refractivity (Wildman–Crippen MR) is 104 cm³/mol. The first-order valence-corrected chi connectivity index (χ1v) is 9.21. The summed E-state index contributed by atoms with van der Waals surface area (Å²) >= 11 is 0. The van der Waals surface area contributed by atoms with Crippen LogP contribution in [0.15, 0.2) is 60.7 Å². The van der Waals surface area contributed by atoms with E-state index in [1.54, 1.807) is 4.90 Å². The van der Waals surface area contributed by atoms with E-state index in [1.807, 2.05) is 48.5 Å². The highest BCUT2D eigenvalue weighted by Gasteiger charge is 2.43. The molecule has 2 aromatic rings. The Kier molecular flexibility index (Phi) is 5.33. The Morgan fingerprint density at radius 1 is 1.04 bits per heavy atom. The lowest BCUT2D eigenvalue weighted by atomic mass is 9.79. The van der Waals surface area contributed by atoms with Gasteiger partial charge in [-0.25, -0.2) is 4.79 Å². The summed E-state index contributed by atoms with van der Waals surface area (Å²) in [5.41, 5.74) is 2.01. The Labute approximate surface area is 155 Å². The molecule has 2 N–H and O–H groups in total. The molecule has 0 bridgehead atoms. The number of hydrogen-bond acceptors (Lipinski definition) is 2. The fourth-order valence-electron chi connectivity index (χ4n) is 4.15. The van der Waals surface area contributed by atoms with Crippen molar-refractivity contribution in [3.05, 3.63) is 71.8 Å². The third-order valence-corrected chi connectivity index (χ3v) is 5.20. The number of nitrogens with one attached hydrogen (secondary N) is 1. The molecule has 2 aromatic carbocycles. The minimum absolute atomic E-state index is 0.0978. The summed E-state index contributed by atoms with van der Waals surface area (Å²) in [6, 6.07) is 19.9. The van der Waals surface area contributed by atoms with Crippen molar-refractivity contribution in [2.75, 3.05) is 13.1 Å². The van der Waals surface area contributed by atoms with Crippen LogP contribution in [0.2, 0.25) is 0 Å². The van der Waals surface area contributed by atoms with Gasteiger partial charge in [-0.15, -0.1) is 0 Å². The van der Waals surface area contributed by atoms with Crippen molar-refractivity contribution in [1.82, 2.24) is 10.2 Å². The maximum Gasteiger partial charge on any atom is 0.408 e. The van der Waals surface area contributed by atoms with E-state index in [2.05, 4.69) is 38.2 Å². The van der Waals surface area contributed by atoms with Gasteiger partial charge >= 0.3 is 6.09 Å². The molecule has 1 aliphatic heterocycles. The van der Waals surface area contributed by atoms with E-state index in [4.69, 9.17) is 0 Å². The van der Waals surface area contributed by atoms with Gasteiger partial charge in [0, 0.05) is 19.0 Å². The molecule has 0 spiro atoms. The molecular weight excluding hydrogens is 324 g/mol. The van der Waals surface area contributed by atoms with Crippen molar-refractivity contribution in [2.45, 2.75) is 38.8 Å². The molecule has 0 radical (unpaired) electrons. The van der Waals surface area contributed by atoms with Crippen molar-refractivity contribution in [3.8, 4) is 0 Å². The normalized spacial score (nSPS) is 21.3. The molecule has 138 valence electrons. The van der Waals surface area contributed by atoms with Gasteiger partial charge in [-0.05, 0) is 16.5 Å². The van der Waals surface area contributed by atoms with Gasteiger partial charge in [-0.2, -0.15) is 0 Å². The fraction of sp³-hybridized carbons (Fsp3) is 0.409. The summed E-state index contributed by atoms with van der Waals surface area (Å²) in [7, 11) is 0. The topological polar surface area (TPSA) is 52.6 Å². The average molecular weight is 352 g/mol. The second kappa shape index (κ2) is 7.50. The smallest absolute Gasteiger partial charge is 0.408 e. The van der Waals surface area contributed by atoms with Crippen LogP contribution in [0.5, 0.6) is 0 Å². The number of carboxylic acid groups (broad SMARTS) is 1. The van der Waals surface area contributed by atoms with Crippen LogP contribution < -0.4 is 5.32 Å². The maximum absolute atomic E-state index is 12.4. The van der Waals surface area contributed by atoms with E-state index in [1.165, 1.54) is 5.56 Å².